The molecule has 0 aliphatic carbocycles. The number of rotatable bonds is 5. The number of benzene rings is 8. The maximum atomic E-state index is 2.35. The van der Waals surface area contributed by atoms with Crippen molar-refractivity contribution in [2.75, 3.05) is 4.90 Å². The molecule has 1 nitrogen and oxygen atoms in total. The second-order valence-electron chi connectivity index (χ2n) is 11.8. The van der Waals surface area contributed by atoms with Crippen molar-refractivity contribution in [3.8, 4) is 22.3 Å². The monoisotopic (exact) mass is 603 g/mol. The van der Waals surface area contributed by atoms with Crippen molar-refractivity contribution in [2.24, 2.45) is 0 Å². The highest BCUT2D eigenvalue weighted by molar-refractivity contribution is 7.26. The molecule has 46 heavy (non-hydrogen) atoms. The summed E-state index contributed by atoms with van der Waals surface area (Å²) in [7, 11) is 0. The lowest BCUT2D eigenvalue weighted by Crippen LogP contribution is -2.09. The Labute approximate surface area is 272 Å². The predicted molar refractivity (Wildman–Crippen MR) is 200 cm³/mol. The number of para-hydroxylation sites is 1. The van der Waals surface area contributed by atoms with Gasteiger partial charge in [-0.05, 0) is 80.9 Å². The molecular formula is C44H29NS. The van der Waals surface area contributed by atoms with Gasteiger partial charge in [-0.2, -0.15) is 0 Å². The second-order valence-corrected chi connectivity index (χ2v) is 12.8. The fourth-order valence-electron chi connectivity index (χ4n) is 6.77. The Morgan fingerprint density at radius 3 is 1.61 bits per heavy atom. The third-order valence-electron chi connectivity index (χ3n) is 9.05. The van der Waals surface area contributed by atoms with Gasteiger partial charge in [0, 0.05) is 42.6 Å². The van der Waals surface area contributed by atoms with Crippen LogP contribution in [0.4, 0.5) is 17.1 Å². The van der Waals surface area contributed by atoms with E-state index in [0.29, 0.717) is 0 Å². The average Bonchev–Trinajstić information content (AvgIpc) is 3.52. The van der Waals surface area contributed by atoms with E-state index in [2.05, 4.69) is 181 Å². The molecule has 0 amide bonds. The zero-order valence-corrected chi connectivity index (χ0v) is 25.9. The summed E-state index contributed by atoms with van der Waals surface area (Å²) in [5.41, 5.74) is 8.28. The first-order chi connectivity index (χ1) is 22.8. The van der Waals surface area contributed by atoms with Gasteiger partial charge in [0.15, 0.2) is 0 Å². The van der Waals surface area contributed by atoms with Gasteiger partial charge in [0.25, 0.3) is 0 Å². The molecule has 9 rings (SSSR count). The Bertz CT molecular complexity index is 2490. The summed E-state index contributed by atoms with van der Waals surface area (Å²) in [5, 5.41) is 7.84. The van der Waals surface area contributed by atoms with Crippen molar-refractivity contribution in [2.45, 2.75) is 0 Å². The van der Waals surface area contributed by atoms with E-state index in [4.69, 9.17) is 0 Å². The molecule has 9 aromatic rings. The van der Waals surface area contributed by atoms with Crippen LogP contribution < -0.4 is 4.90 Å². The first kappa shape index (κ1) is 26.7. The number of anilines is 3. The topological polar surface area (TPSA) is 3.24 Å². The van der Waals surface area contributed by atoms with Crippen molar-refractivity contribution in [1.29, 1.82) is 0 Å². The number of nitrogens with zero attached hydrogens (tertiary/aromatic N) is 1. The summed E-state index contributed by atoms with van der Waals surface area (Å²) in [6.07, 6.45) is 0. The SMILES string of the molecule is c1ccc(-c2ccc(-c3ccc(N(c4ccccc4)c4ccc5c(ccc6ccc7c8ccccc8sc7c65)c4)cc3)cc2)cc1. The molecule has 216 valence electrons. The van der Waals surface area contributed by atoms with Crippen LogP contribution >= 0.6 is 11.3 Å². The number of thiophene rings is 1. The van der Waals surface area contributed by atoms with Crippen LogP contribution in [0.5, 0.6) is 0 Å². The van der Waals surface area contributed by atoms with E-state index in [-0.39, 0.29) is 0 Å². The molecule has 0 radical (unpaired) electrons. The van der Waals surface area contributed by atoms with Crippen LogP contribution in [-0.4, -0.2) is 0 Å². The lowest BCUT2D eigenvalue weighted by atomic mass is 9.98. The molecule has 0 saturated heterocycles. The molecule has 0 unspecified atom stereocenters. The van der Waals surface area contributed by atoms with Crippen molar-refractivity contribution in [3.05, 3.63) is 176 Å². The van der Waals surface area contributed by atoms with Crippen molar-refractivity contribution >= 4 is 70.1 Å². The van der Waals surface area contributed by atoms with E-state index in [0.717, 1.165) is 17.1 Å². The molecule has 0 aliphatic rings. The number of hydrogen-bond acceptors (Lipinski definition) is 2. The van der Waals surface area contributed by atoms with Crippen LogP contribution in [-0.2, 0) is 0 Å². The summed E-state index contributed by atoms with van der Waals surface area (Å²) in [4.78, 5) is 2.35. The highest BCUT2D eigenvalue weighted by Gasteiger charge is 2.16. The third-order valence-corrected chi connectivity index (χ3v) is 10.3. The molecule has 1 heterocycles. The zero-order valence-electron chi connectivity index (χ0n) is 25.1. The Balaban J connectivity index is 1.13. The van der Waals surface area contributed by atoms with Crippen molar-refractivity contribution in [1.82, 2.24) is 0 Å². The van der Waals surface area contributed by atoms with Crippen LogP contribution in [0.1, 0.15) is 0 Å². The number of hydrogen-bond donors (Lipinski definition) is 0. The quantitative estimate of drug-likeness (QED) is 0.177. The minimum absolute atomic E-state index is 1.13. The molecule has 0 fully saturated rings. The van der Waals surface area contributed by atoms with E-state index in [1.54, 1.807) is 0 Å². The van der Waals surface area contributed by atoms with Crippen molar-refractivity contribution < 1.29 is 0 Å². The van der Waals surface area contributed by atoms with E-state index in [9.17, 15) is 0 Å². The minimum Gasteiger partial charge on any atom is -0.310 e. The van der Waals surface area contributed by atoms with Crippen molar-refractivity contribution in [3.63, 3.8) is 0 Å². The Hall–Kier alpha value is -5.70. The smallest absolute Gasteiger partial charge is 0.0468 e. The Morgan fingerprint density at radius 1 is 0.348 bits per heavy atom. The van der Waals surface area contributed by atoms with Gasteiger partial charge in [0.05, 0.1) is 0 Å². The summed E-state index contributed by atoms with van der Waals surface area (Å²) < 4.78 is 2.70. The molecule has 0 atom stereocenters. The zero-order chi connectivity index (χ0) is 30.5. The first-order valence-electron chi connectivity index (χ1n) is 15.7. The molecule has 0 spiro atoms. The predicted octanol–water partition coefficient (Wildman–Crippen LogP) is 13.2. The van der Waals surface area contributed by atoms with Gasteiger partial charge >= 0.3 is 0 Å². The molecule has 2 heteroatoms. The van der Waals surface area contributed by atoms with Crippen LogP contribution in [0, 0.1) is 0 Å². The van der Waals surface area contributed by atoms with Gasteiger partial charge in [-0.25, -0.2) is 0 Å². The van der Waals surface area contributed by atoms with E-state index in [1.165, 1.54) is 64.0 Å². The molecule has 1 aromatic heterocycles. The summed E-state index contributed by atoms with van der Waals surface area (Å²) in [6, 6.07) is 63.8. The molecule has 0 aliphatic heterocycles. The van der Waals surface area contributed by atoms with Gasteiger partial charge < -0.3 is 4.90 Å². The third kappa shape index (κ3) is 4.54. The van der Waals surface area contributed by atoms with E-state index < -0.39 is 0 Å². The normalized spacial score (nSPS) is 11.5. The fraction of sp³-hybridized carbons (Fsp3) is 0. The fourth-order valence-corrected chi connectivity index (χ4v) is 8.04. The summed E-state index contributed by atoms with van der Waals surface area (Å²) in [6.45, 7) is 0. The summed E-state index contributed by atoms with van der Waals surface area (Å²) >= 11 is 1.90. The second kappa shape index (κ2) is 11.0. The summed E-state index contributed by atoms with van der Waals surface area (Å²) in [5.74, 6) is 0. The van der Waals surface area contributed by atoms with E-state index in [1.807, 2.05) is 11.3 Å². The Kier molecular flexibility index (Phi) is 6.40. The van der Waals surface area contributed by atoms with E-state index >= 15 is 0 Å². The van der Waals surface area contributed by atoms with Gasteiger partial charge in [0.1, 0.15) is 0 Å². The lowest BCUT2D eigenvalue weighted by molar-refractivity contribution is 1.29. The minimum atomic E-state index is 1.13. The largest absolute Gasteiger partial charge is 0.310 e. The molecule has 0 saturated carbocycles. The molecule has 0 bridgehead atoms. The standard InChI is InChI=1S/C44H29NS/c1-3-9-30(10-4-1)31-15-17-32(18-16-31)33-21-24-37(25-22-33)45(36-11-5-2-6-12-36)38-26-28-39-35(29-38)20-19-34-23-27-41-40-13-7-8-14-42(40)46-44(41)43(34)39/h1-29H. The molecular weight excluding hydrogens is 575 g/mol. The van der Waals surface area contributed by atoms with Crippen LogP contribution in [0.15, 0.2) is 176 Å². The van der Waals surface area contributed by atoms with Crippen LogP contribution in [0.2, 0.25) is 0 Å². The molecule has 8 aromatic carbocycles. The van der Waals surface area contributed by atoms with Gasteiger partial charge in [-0.3, -0.25) is 0 Å². The lowest BCUT2D eigenvalue weighted by Gasteiger charge is -2.26. The highest BCUT2D eigenvalue weighted by Crippen LogP contribution is 2.43. The van der Waals surface area contributed by atoms with Gasteiger partial charge in [-0.15, -0.1) is 11.3 Å². The number of fused-ring (bicyclic) bond motifs is 7. The maximum absolute atomic E-state index is 2.35. The first-order valence-corrected chi connectivity index (χ1v) is 16.5. The maximum Gasteiger partial charge on any atom is 0.0468 e. The van der Waals surface area contributed by atoms with Gasteiger partial charge in [0.2, 0.25) is 0 Å². The average molecular weight is 604 g/mol. The van der Waals surface area contributed by atoms with Crippen LogP contribution in [0.3, 0.4) is 0 Å². The molecule has 0 N–H and O–H groups in total. The van der Waals surface area contributed by atoms with Gasteiger partial charge in [-0.1, -0.05) is 133 Å². The Morgan fingerprint density at radius 2 is 0.870 bits per heavy atom. The van der Waals surface area contributed by atoms with Crippen LogP contribution in [0.25, 0.3) is 64.0 Å². The highest BCUT2D eigenvalue weighted by atomic mass is 32.1.